The lowest BCUT2D eigenvalue weighted by molar-refractivity contribution is 0.0199. The van der Waals surface area contributed by atoms with Gasteiger partial charge in [0.25, 0.3) is 10.1 Å². The van der Waals surface area contributed by atoms with E-state index in [-0.39, 0.29) is 22.3 Å². The second kappa shape index (κ2) is 10.9. The SMILES string of the molecule is Cc1ccc(S(=O)(=O)OCCCc2cc(C(C)(C)C)c(OC(=O)OC(C)(C)C)c(C(C)(C)C)c2)cc1. The van der Waals surface area contributed by atoms with Crippen LogP contribution in [0.5, 0.6) is 5.75 Å². The number of hydrogen-bond acceptors (Lipinski definition) is 6. The van der Waals surface area contributed by atoms with E-state index in [1.807, 2.05) is 19.1 Å². The first-order valence-electron chi connectivity index (χ1n) is 12.3. The summed E-state index contributed by atoms with van der Waals surface area (Å²) in [6, 6.07) is 10.7. The molecule has 0 unspecified atom stereocenters. The predicted molar refractivity (Wildman–Crippen MR) is 143 cm³/mol. The zero-order valence-corrected chi connectivity index (χ0v) is 24.3. The first-order valence-corrected chi connectivity index (χ1v) is 13.8. The molecule has 2 aromatic carbocycles. The highest BCUT2D eigenvalue weighted by Crippen LogP contribution is 2.41. The van der Waals surface area contributed by atoms with Crippen molar-refractivity contribution < 1.29 is 26.9 Å². The highest BCUT2D eigenvalue weighted by Gasteiger charge is 2.30. The summed E-state index contributed by atoms with van der Waals surface area (Å²) in [6.45, 7) is 19.8. The van der Waals surface area contributed by atoms with Crippen molar-refractivity contribution >= 4 is 16.3 Å². The molecule has 0 aromatic heterocycles. The van der Waals surface area contributed by atoms with Gasteiger partial charge in [-0.15, -0.1) is 0 Å². The topological polar surface area (TPSA) is 78.9 Å². The summed E-state index contributed by atoms with van der Waals surface area (Å²) in [6.07, 6.45) is 0.397. The molecule has 0 aliphatic rings. The third kappa shape index (κ3) is 8.63. The molecular weight excluding hydrogens is 476 g/mol. The zero-order valence-electron chi connectivity index (χ0n) is 23.4. The fourth-order valence-corrected chi connectivity index (χ4v) is 4.57. The van der Waals surface area contributed by atoms with E-state index >= 15 is 0 Å². The quantitative estimate of drug-likeness (QED) is 0.166. The van der Waals surface area contributed by atoms with E-state index in [9.17, 15) is 13.2 Å². The number of ether oxygens (including phenoxy) is 2. The van der Waals surface area contributed by atoms with Crippen LogP contribution in [-0.2, 0) is 36.3 Å². The van der Waals surface area contributed by atoms with Crippen LogP contribution in [0.2, 0.25) is 0 Å². The average Bonchev–Trinajstić information content (AvgIpc) is 2.69. The van der Waals surface area contributed by atoms with Crippen molar-refractivity contribution in [3.8, 4) is 5.75 Å². The fourth-order valence-electron chi connectivity index (χ4n) is 3.63. The molecule has 6 nitrogen and oxygen atoms in total. The van der Waals surface area contributed by atoms with Gasteiger partial charge < -0.3 is 9.47 Å². The van der Waals surface area contributed by atoms with E-state index in [0.717, 1.165) is 22.3 Å². The first-order chi connectivity index (χ1) is 16.3. The molecule has 0 saturated heterocycles. The minimum Gasteiger partial charge on any atom is -0.428 e. The Morgan fingerprint density at radius 3 is 1.78 bits per heavy atom. The molecule has 0 N–H and O–H groups in total. The molecular formula is C29H42O6S. The summed E-state index contributed by atoms with van der Waals surface area (Å²) in [5.41, 5.74) is 2.51. The Balaban J connectivity index is 2.29. The molecule has 200 valence electrons. The second-order valence-electron chi connectivity index (χ2n) is 12.3. The summed E-state index contributed by atoms with van der Waals surface area (Å²) in [5.74, 6) is 0.520. The summed E-state index contributed by atoms with van der Waals surface area (Å²) in [7, 11) is -3.80. The van der Waals surface area contributed by atoms with Crippen LogP contribution in [0.25, 0.3) is 0 Å². The number of carbonyl (C=O) groups excluding carboxylic acids is 1. The van der Waals surface area contributed by atoms with Gasteiger partial charge in [-0.25, -0.2) is 4.79 Å². The first kappa shape index (κ1) is 29.8. The van der Waals surface area contributed by atoms with Gasteiger partial charge in [-0.2, -0.15) is 8.42 Å². The molecule has 2 rings (SSSR count). The molecule has 0 fully saturated rings. The highest BCUT2D eigenvalue weighted by molar-refractivity contribution is 7.86. The van der Waals surface area contributed by atoms with Crippen LogP contribution >= 0.6 is 0 Å². The largest absolute Gasteiger partial charge is 0.514 e. The Morgan fingerprint density at radius 2 is 1.33 bits per heavy atom. The van der Waals surface area contributed by atoms with Crippen molar-refractivity contribution in [2.45, 2.75) is 103 Å². The third-order valence-electron chi connectivity index (χ3n) is 5.50. The molecule has 0 radical (unpaired) electrons. The van der Waals surface area contributed by atoms with Crippen molar-refractivity contribution in [1.82, 2.24) is 0 Å². The average molecular weight is 519 g/mol. The van der Waals surface area contributed by atoms with E-state index in [1.54, 1.807) is 45.0 Å². The molecule has 0 aliphatic carbocycles. The number of rotatable bonds is 7. The van der Waals surface area contributed by atoms with Crippen LogP contribution in [0.3, 0.4) is 0 Å². The highest BCUT2D eigenvalue weighted by atomic mass is 32.2. The summed E-state index contributed by atoms with van der Waals surface area (Å²) >= 11 is 0. The lowest BCUT2D eigenvalue weighted by atomic mass is 9.78. The Bertz CT molecular complexity index is 1120. The van der Waals surface area contributed by atoms with Crippen LogP contribution in [-0.4, -0.2) is 26.8 Å². The summed E-state index contributed by atoms with van der Waals surface area (Å²) in [5, 5.41) is 0. The maximum absolute atomic E-state index is 12.6. The Morgan fingerprint density at radius 1 is 0.833 bits per heavy atom. The maximum atomic E-state index is 12.6. The lowest BCUT2D eigenvalue weighted by Gasteiger charge is -2.30. The Hall–Kier alpha value is -2.38. The van der Waals surface area contributed by atoms with Gasteiger partial charge in [0.2, 0.25) is 0 Å². The molecule has 0 atom stereocenters. The lowest BCUT2D eigenvalue weighted by Crippen LogP contribution is -2.28. The van der Waals surface area contributed by atoms with Gasteiger partial charge in [-0.05, 0) is 69.1 Å². The Labute approximate surface area is 217 Å². The van der Waals surface area contributed by atoms with Gasteiger partial charge in [0, 0.05) is 11.1 Å². The molecule has 36 heavy (non-hydrogen) atoms. The molecule has 0 aliphatic heterocycles. The molecule has 0 saturated carbocycles. The van der Waals surface area contributed by atoms with Crippen molar-refractivity contribution in [2.24, 2.45) is 0 Å². The van der Waals surface area contributed by atoms with Gasteiger partial charge in [0.05, 0.1) is 11.5 Å². The van der Waals surface area contributed by atoms with E-state index in [0.29, 0.717) is 18.6 Å². The predicted octanol–water partition coefficient (Wildman–Crippen LogP) is 7.24. The standard InChI is InChI=1S/C29H42O6S/c1-20-13-15-22(16-14-20)36(31,32)33-17-11-12-21-18-23(27(2,3)4)25(24(19-21)28(5,6)7)34-26(30)35-29(8,9)10/h13-16,18-19H,11-12,17H2,1-10H3. The number of hydrogen-bond donors (Lipinski definition) is 0. The number of benzene rings is 2. The normalized spacial score (nSPS) is 12.9. The van der Waals surface area contributed by atoms with Gasteiger partial charge in [-0.1, -0.05) is 71.4 Å². The Kier molecular flexibility index (Phi) is 9.06. The van der Waals surface area contributed by atoms with E-state index in [2.05, 4.69) is 41.5 Å². The maximum Gasteiger partial charge on any atom is 0.514 e. The molecule has 0 heterocycles. The molecule has 0 bridgehead atoms. The van der Waals surface area contributed by atoms with Crippen molar-refractivity contribution in [1.29, 1.82) is 0 Å². The van der Waals surface area contributed by atoms with Crippen molar-refractivity contribution in [3.63, 3.8) is 0 Å². The fraction of sp³-hybridized carbons (Fsp3) is 0.552. The van der Waals surface area contributed by atoms with Crippen LogP contribution in [0.4, 0.5) is 4.79 Å². The zero-order chi connectivity index (χ0) is 27.5. The van der Waals surface area contributed by atoms with Gasteiger partial charge >= 0.3 is 6.16 Å². The third-order valence-corrected chi connectivity index (χ3v) is 6.82. The monoisotopic (exact) mass is 518 g/mol. The van der Waals surface area contributed by atoms with Gasteiger partial charge in [0.15, 0.2) is 0 Å². The second-order valence-corrected chi connectivity index (χ2v) is 13.9. The van der Waals surface area contributed by atoms with Crippen LogP contribution in [0, 0.1) is 6.92 Å². The van der Waals surface area contributed by atoms with E-state index < -0.39 is 21.9 Å². The van der Waals surface area contributed by atoms with Crippen molar-refractivity contribution in [2.75, 3.05) is 6.61 Å². The van der Waals surface area contributed by atoms with Crippen LogP contribution in [0.1, 0.15) is 91.0 Å². The van der Waals surface area contributed by atoms with E-state index in [4.69, 9.17) is 13.7 Å². The minimum atomic E-state index is -3.80. The van der Waals surface area contributed by atoms with Crippen molar-refractivity contribution in [3.05, 3.63) is 58.7 Å². The molecule has 2 aromatic rings. The van der Waals surface area contributed by atoms with Gasteiger partial charge in [-0.3, -0.25) is 4.18 Å². The van der Waals surface area contributed by atoms with Gasteiger partial charge in [0.1, 0.15) is 11.4 Å². The molecule has 0 amide bonds. The van der Waals surface area contributed by atoms with Crippen LogP contribution in [0.15, 0.2) is 41.3 Å². The van der Waals surface area contributed by atoms with E-state index in [1.165, 1.54) is 0 Å². The molecule has 7 heteroatoms. The summed E-state index contributed by atoms with van der Waals surface area (Å²) in [4.78, 5) is 12.7. The molecule has 0 spiro atoms. The minimum absolute atomic E-state index is 0.0715. The number of aryl methyl sites for hydroxylation is 2. The van der Waals surface area contributed by atoms with Crippen LogP contribution < -0.4 is 4.74 Å². The number of carbonyl (C=O) groups is 1. The smallest absolute Gasteiger partial charge is 0.428 e. The summed E-state index contributed by atoms with van der Waals surface area (Å²) < 4.78 is 41.5.